The summed E-state index contributed by atoms with van der Waals surface area (Å²) in [6.07, 6.45) is 0. The van der Waals surface area contributed by atoms with Crippen LogP contribution in [0, 0.1) is 0 Å². The first-order valence-electron chi connectivity index (χ1n) is 24.2. The third-order valence-electron chi connectivity index (χ3n) is 14.8. The molecule has 0 aliphatic rings. The van der Waals surface area contributed by atoms with Gasteiger partial charge >= 0.3 is 0 Å². The molecule has 0 saturated carbocycles. The lowest BCUT2D eigenvalue weighted by atomic mass is 10.1. The number of aromatic nitrogens is 3. The van der Waals surface area contributed by atoms with Crippen molar-refractivity contribution in [2.24, 2.45) is 0 Å². The molecule has 0 N–H and O–H groups in total. The maximum absolute atomic E-state index is 3.06. The summed E-state index contributed by atoms with van der Waals surface area (Å²) in [6, 6.07) is 101. The SMILES string of the molecule is c1ccc(-c2ccc(-n3c4ccccc4c4c(-n5c6ccc(-n7c8ccccc8c8ccccc87)cc6c6cccc([Si](c7ccccc7)(c7ccccc7)c7ccccc7)c65)cccc43)cc2)cc1. The van der Waals surface area contributed by atoms with E-state index in [1.165, 1.54) is 97.3 Å². The number of nitrogens with zero attached hydrogens (tertiary/aromatic N) is 3. The Labute approximate surface area is 407 Å². The molecule has 70 heavy (non-hydrogen) atoms. The van der Waals surface area contributed by atoms with E-state index in [1.807, 2.05) is 0 Å². The fourth-order valence-corrected chi connectivity index (χ4v) is 16.8. The topological polar surface area (TPSA) is 14.8 Å². The summed E-state index contributed by atoms with van der Waals surface area (Å²) in [5.41, 5.74) is 13.0. The van der Waals surface area contributed by atoms with Crippen LogP contribution in [0.25, 0.3) is 93.6 Å². The highest BCUT2D eigenvalue weighted by Gasteiger charge is 2.43. The van der Waals surface area contributed by atoms with E-state index in [4.69, 9.17) is 0 Å². The van der Waals surface area contributed by atoms with Gasteiger partial charge in [0.25, 0.3) is 0 Å². The van der Waals surface area contributed by atoms with Crippen molar-refractivity contribution in [2.45, 2.75) is 0 Å². The van der Waals surface area contributed by atoms with Crippen LogP contribution in [0.15, 0.2) is 273 Å². The Morgan fingerprint density at radius 2 is 0.686 bits per heavy atom. The number of hydrogen-bond acceptors (Lipinski definition) is 0. The van der Waals surface area contributed by atoms with Gasteiger partial charge in [0, 0.05) is 43.7 Å². The van der Waals surface area contributed by atoms with E-state index in [-0.39, 0.29) is 0 Å². The highest BCUT2D eigenvalue weighted by atomic mass is 28.3. The molecule has 14 aromatic rings. The molecule has 0 spiro atoms. The second kappa shape index (κ2) is 16.1. The van der Waals surface area contributed by atoms with Gasteiger partial charge in [-0.05, 0) is 92.5 Å². The van der Waals surface area contributed by atoms with Crippen molar-refractivity contribution in [1.82, 2.24) is 13.7 Å². The van der Waals surface area contributed by atoms with Gasteiger partial charge in [0.15, 0.2) is 8.07 Å². The Balaban J connectivity index is 1.13. The standard InChI is InChI=1S/C66H45N3Si/c1-5-21-46(22-6-1)47-39-41-48(42-40-47)67-60-35-18-15-31-56(60)65-62(67)36-20-37-63(65)69-61-44-43-49(68-58-33-16-13-29-53(58)54-30-14-17-34-59(54)68)45-57(61)55-32-19-38-64(66(55)69)70(50-23-7-2-8-24-50,51-25-9-3-10-26-51)52-27-11-4-12-28-52/h1-45H. The molecular formula is C66H45N3Si. The molecule has 0 bridgehead atoms. The largest absolute Gasteiger partial charge is 0.309 e. The maximum Gasteiger partial charge on any atom is 0.181 e. The van der Waals surface area contributed by atoms with Crippen LogP contribution in [-0.2, 0) is 0 Å². The summed E-state index contributed by atoms with van der Waals surface area (Å²) in [5.74, 6) is 0. The summed E-state index contributed by atoms with van der Waals surface area (Å²) in [5, 5.41) is 12.8. The van der Waals surface area contributed by atoms with Crippen molar-refractivity contribution in [2.75, 3.05) is 0 Å². The number of benzene rings is 11. The van der Waals surface area contributed by atoms with Crippen LogP contribution in [-0.4, -0.2) is 21.8 Å². The lowest BCUT2D eigenvalue weighted by Gasteiger charge is -2.35. The Hall–Kier alpha value is -8.96. The fourth-order valence-electron chi connectivity index (χ4n) is 11.9. The highest BCUT2D eigenvalue weighted by Crippen LogP contribution is 2.42. The van der Waals surface area contributed by atoms with Gasteiger partial charge in [-0.15, -0.1) is 0 Å². The predicted molar refractivity (Wildman–Crippen MR) is 299 cm³/mol. The molecule has 0 radical (unpaired) electrons. The van der Waals surface area contributed by atoms with Crippen molar-refractivity contribution < 1.29 is 0 Å². The molecule has 328 valence electrons. The first kappa shape index (κ1) is 40.1. The zero-order valence-corrected chi connectivity index (χ0v) is 39.3. The summed E-state index contributed by atoms with van der Waals surface area (Å²) in [7, 11) is -3.06. The van der Waals surface area contributed by atoms with E-state index in [0.717, 1.165) is 17.1 Å². The first-order chi connectivity index (χ1) is 34.8. The summed E-state index contributed by atoms with van der Waals surface area (Å²) in [6.45, 7) is 0. The zero-order valence-electron chi connectivity index (χ0n) is 38.3. The van der Waals surface area contributed by atoms with Gasteiger partial charge in [0.1, 0.15) is 0 Å². The van der Waals surface area contributed by atoms with Gasteiger partial charge in [-0.25, -0.2) is 0 Å². The Kier molecular flexibility index (Phi) is 9.23. The van der Waals surface area contributed by atoms with Gasteiger partial charge in [0.2, 0.25) is 0 Å². The molecule has 3 nitrogen and oxygen atoms in total. The van der Waals surface area contributed by atoms with Crippen molar-refractivity contribution in [3.8, 4) is 28.2 Å². The second-order valence-electron chi connectivity index (χ2n) is 18.4. The third-order valence-corrected chi connectivity index (χ3v) is 19.6. The molecule has 11 aromatic carbocycles. The minimum absolute atomic E-state index is 1.13. The molecule has 0 saturated heterocycles. The molecule has 3 heterocycles. The molecule has 3 aromatic heterocycles. The van der Waals surface area contributed by atoms with Crippen molar-refractivity contribution in [3.05, 3.63) is 273 Å². The average molecular weight is 908 g/mol. The molecular weight excluding hydrogens is 863 g/mol. The zero-order chi connectivity index (χ0) is 46.2. The average Bonchev–Trinajstić information content (AvgIpc) is 4.09. The smallest absolute Gasteiger partial charge is 0.181 e. The second-order valence-corrected chi connectivity index (χ2v) is 22.2. The molecule has 0 atom stereocenters. The highest BCUT2D eigenvalue weighted by molar-refractivity contribution is 7.20. The molecule has 14 rings (SSSR count). The van der Waals surface area contributed by atoms with Crippen molar-refractivity contribution in [3.63, 3.8) is 0 Å². The monoisotopic (exact) mass is 907 g/mol. The number of hydrogen-bond donors (Lipinski definition) is 0. The van der Waals surface area contributed by atoms with Gasteiger partial charge in [0.05, 0.1) is 38.8 Å². The van der Waals surface area contributed by atoms with Crippen molar-refractivity contribution in [1.29, 1.82) is 0 Å². The molecule has 0 unspecified atom stereocenters. The normalized spacial score (nSPS) is 12.0. The fraction of sp³-hybridized carbons (Fsp3) is 0. The third kappa shape index (κ3) is 5.94. The predicted octanol–water partition coefficient (Wildman–Crippen LogP) is 14.0. The first-order valence-corrected chi connectivity index (χ1v) is 26.2. The van der Waals surface area contributed by atoms with E-state index in [2.05, 4.69) is 287 Å². The van der Waals surface area contributed by atoms with E-state index in [1.54, 1.807) is 0 Å². The molecule has 0 amide bonds. The molecule has 0 fully saturated rings. The van der Waals surface area contributed by atoms with Crippen LogP contribution in [0.5, 0.6) is 0 Å². The Bertz CT molecular complexity index is 4110. The number of fused-ring (bicyclic) bond motifs is 9. The van der Waals surface area contributed by atoms with E-state index in [9.17, 15) is 0 Å². The minimum Gasteiger partial charge on any atom is -0.309 e. The van der Waals surface area contributed by atoms with Crippen LogP contribution in [0.2, 0.25) is 0 Å². The Morgan fingerprint density at radius 1 is 0.257 bits per heavy atom. The maximum atomic E-state index is 2.63. The van der Waals surface area contributed by atoms with E-state index >= 15 is 0 Å². The molecule has 4 heteroatoms. The van der Waals surface area contributed by atoms with Crippen LogP contribution in [0.1, 0.15) is 0 Å². The van der Waals surface area contributed by atoms with Crippen molar-refractivity contribution >= 4 is 94.2 Å². The lowest BCUT2D eigenvalue weighted by Crippen LogP contribution is -2.75. The van der Waals surface area contributed by atoms with Gasteiger partial charge in [-0.1, -0.05) is 212 Å². The van der Waals surface area contributed by atoms with Gasteiger partial charge < -0.3 is 13.7 Å². The van der Waals surface area contributed by atoms with Crippen LogP contribution >= 0.6 is 0 Å². The van der Waals surface area contributed by atoms with Crippen LogP contribution in [0.3, 0.4) is 0 Å². The van der Waals surface area contributed by atoms with E-state index < -0.39 is 8.07 Å². The van der Waals surface area contributed by atoms with Gasteiger partial charge in [-0.2, -0.15) is 0 Å². The molecule has 0 aliphatic heterocycles. The number of para-hydroxylation sites is 4. The summed E-state index contributed by atoms with van der Waals surface area (Å²) >= 11 is 0. The summed E-state index contributed by atoms with van der Waals surface area (Å²) in [4.78, 5) is 0. The van der Waals surface area contributed by atoms with Crippen LogP contribution < -0.4 is 20.7 Å². The van der Waals surface area contributed by atoms with E-state index in [0.29, 0.717) is 0 Å². The Morgan fingerprint density at radius 3 is 1.29 bits per heavy atom. The summed E-state index contributed by atoms with van der Waals surface area (Å²) < 4.78 is 7.53. The lowest BCUT2D eigenvalue weighted by molar-refractivity contribution is 1.17. The van der Waals surface area contributed by atoms with Crippen LogP contribution in [0.4, 0.5) is 0 Å². The van der Waals surface area contributed by atoms with Gasteiger partial charge in [-0.3, -0.25) is 0 Å². The molecule has 0 aliphatic carbocycles. The quantitative estimate of drug-likeness (QED) is 0.107. The minimum atomic E-state index is -3.06. The number of rotatable bonds is 8.